The lowest BCUT2D eigenvalue weighted by Crippen LogP contribution is -2.50. The molecular weight excluding hydrogens is 782 g/mol. The van der Waals surface area contributed by atoms with Crippen molar-refractivity contribution < 1.29 is 24.6 Å². The van der Waals surface area contributed by atoms with Gasteiger partial charge in [0.15, 0.2) is 5.78 Å². The highest BCUT2D eigenvalue weighted by atomic mass is 35.5. The highest BCUT2D eigenvalue weighted by Gasteiger charge is 2.54. The Morgan fingerprint density at radius 2 is 1.11 bits per heavy atom. The number of para-hydroxylation sites is 3. The van der Waals surface area contributed by atoms with E-state index in [2.05, 4.69) is 4.90 Å². The first kappa shape index (κ1) is 36.3. The van der Waals surface area contributed by atoms with Crippen LogP contribution in [0.5, 0.6) is 0 Å². The molecule has 0 aliphatic carbocycles. The van der Waals surface area contributed by atoms with Gasteiger partial charge < -0.3 is 24.9 Å². The number of anilines is 6. The molecule has 0 aromatic heterocycles. The summed E-state index contributed by atoms with van der Waals surface area (Å²) in [5.74, 6) is -2.52. The van der Waals surface area contributed by atoms with E-state index in [0.29, 0.717) is 49.4 Å². The van der Waals surface area contributed by atoms with Gasteiger partial charge in [0.05, 0.1) is 51.0 Å². The second kappa shape index (κ2) is 13.7. The Morgan fingerprint density at radius 3 is 1.68 bits per heavy atom. The Labute approximate surface area is 341 Å². The predicted molar refractivity (Wildman–Crippen MR) is 224 cm³/mol. The number of aromatic carboxylic acids is 1. The molecular formula is C44H32ClN3O5S3. The molecule has 0 saturated heterocycles. The van der Waals surface area contributed by atoms with Gasteiger partial charge in [0.2, 0.25) is 0 Å². The quantitative estimate of drug-likeness (QED) is 0.151. The summed E-state index contributed by atoms with van der Waals surface area (Å²) in [5.41, 5.74) is 3.81. The van der Waals surface area contributed by atoms with E-state index >= 15 is 0 Å². The minimum absolute atomic E-state index is 0.0718. The number of aliphatic carboxylic acids is 1. The van der Waals surface area contributed by atoms with E-state index in [9.17, 15) is 24.6 Å². The van der Waals surface area contributed by atoms with Crippen molar-refractivity contribution in [3.05, 3.63) is 143 Å². The lowest BCUT2D eigenvalue weighted by Gasteiger charge is -2.52. The van der Waals surface area contributed by atoms with Crippen LogP contribution in [-0.4, -0.2) is 42.0 Å². The van der Waals surface area contributed by atoms with Gasteiger partial charge in [-0.1, -0.05) is 89.4 Å². The van der Waals surface area contributed by atoms with E-state index in [1.807, 2.05) is 115 Å². The minimum Gasteiger partial charge on any atom is -0.481 e. The van der Waals surface area contributed by atoms with Crippen molar-refractivity contribution >= 4 is 98.7 Å². The summed E-state index contributed by atoms with van der Waals surface area (Å²) in [5, 5.41) is 22.3. The van der Waals surface area contributed by atoms with Crippen LogP contribution in [0.4, 0.5) is 34.1 Å². The van der Waals surface area contributed by atoms with Crippen LogP contribution in [-0.2, 0) is 10.3 Å². The SMILES string of the molecule is CC(=O)c1ccc2c(c1C(CC(=O)O)(c1c(Cl)ccc3c1N(C)c1ccccc1S3)N1c3ccccc3Sc3c(C(=O)O)cccc31)N(C)c1ccccc1S2. The van der Waals surface area contributed by atoms with E-state index in [1.165, 1.54) is 18.7 Å². The van der Waals surface area contributed by atoms with Crippen molar-refractivity contribution in [2.75, 3.05) is 28.8 Å². The van der Waals surface area contributed by atoms with Gasteiger partial charge in [-0.2, -0.15) is 0 Å². The fraction of sp³-hybridized carbons (Fsp3) is 0.114. The van der Waals surface area contributed by atoms with Gasteiger partial charge in [-0.05, 0) is 79.7 Å². The van der Waals surface area contributed by atoms with Crippen LogP contribution >= 0.6 is 46.9 Å². The second-order valence-corrected chi connectivity index (χ2v) is 17.3. The molecule has 3 heterocycles. The molecule has 0 bridgehead atoms. The van der Waals surface area contributed by atoms with Crippen molar-refractivity contribution in [3.63, 3.8) is 0 Å². The first-order chi connectivity index (χ1) is 27.0. The molecule has 8 nitrogen and oxygen atoms in total. The van der Waals surface area contributed by atoms with Crippen molar-refractivity contribution in [1.82, 2.24) is 0 Å². The molecule has 0 amide bonds. The topological polar surface area (TPSA) is 101 Å². The Hall–Kier alpha value is -5.33. The Morgan fingerprint density at radius 1 is 0.589 bits per heavy atom. The summed E-state index contributed by atoms with van der Waals surface area (Å²) >= 11 is 12.0. The van der Waals surface area contributed by atoms with Crippen molar-refractivity contribution in [3.8, 4) is 0 Å². The summed E-state index contributed by atoms with van der Waals surface area (Å²) in [6.45, 7) is 1.50. The zero-order valence-corrected chi connectivity index (χ0v) is 33.4. The van der Waals surface area contributed by atoms with Crippen molar-refractivity contribution in [2.45, 2.75) is 48.3 Å². The van der Waals surface area contributed by atoms with Gasteiger partial charge in [0.1, 0.15) is 5.54 Å². The van der Waals surface area contributed by atoms with E-state index in [1.54, 1.807) is 47.8 Å². The van der Waals surface area contributed by atoms with Gasteiger partial charge >= 0.3 is 11.9 Å². The number of carboxylic acids is 2. The van der Waals surface area contributed by atoms with Crippen LogP contribution < -0.4 is 14.7 Å². The van der Waals surface area contributed by atoms with Gasteiger partial charge in [-0.3, -0.25) is 9.59 Å². The van der Waals surface area contributed by atoms with Crippen molar-refractivity contribution in [2.24, 2.45) is 0 Å². The normalized spacial score (nSPS) is 14.7. The number of halogens is 1. The maximum atomic E-state index is 14.3. The monoisotopic (exact) mass is 813 g/mol. The number of fused-ring (bicyclic) bond motifs is 6. The van der Waals surface area contributed by atoms with Crippen LogP contribution in [0.25, 0.3) is 0 Å². The maximum Gasteiger partial charge on any atom is 0.336 e. The zero-order chi connectivity index (χ0) is 39.0. The number of hydrogen-bond acceptors (Lipinski definition) is 9. The molecule has 0 fully saturated rings. The summed E-state index contributed by atoms with van der Waals surface area (Å²) < 4.78 is 0. The molecule has 2 N–H and O–H groups in total. The Kier molecular flexibility index (Phi) is 8.89. The molecule has 0 radical (unpaired) electrons. The van der Waals surface area contributed by atoms with Crippen LogP contribution in [0.2, 0.25) is 5.02 Å². The number of benzene rings is 6. The molecule has 0 saturated carbocycles. The zero-order valence-electron chi connectivity index (χ0n) is 30.2. The molecule has 1 unspecified atom stereocenters. The fourth-order valence-electron chi connectivity index (χ4n) is 8.35. The van der Waals surface area contributed by atoms with E-state index in [4.69, 9.17) is 11.6 Å². The third-order valence-corrected chi connectivity index (χ3v) is 14.3. The molecule has 3 aliphatic heterocycles. The lowest BCUT2D eigenvalue weighted by atomic mass is 9.72. The van der Waals surface area contributed by atoms with E-state index in [0.717, 1.165) is 35.9 Å². The van der Waals surface area contributed by atoms with Crippen LogP contribution in [0.1, 0.15) is 45.2 Å². The third-order valence-electron chi connectivity index (χ3n) is 10.6. The predicted octanol–water partition coefficient (Wildman–Crippen LogP) is 11.7. The second-order valence-electron chi connectivity index (χ2n) is 13.7. The molecule has 0 spiro atoms. The van der Waals surface area contributed by atoms with Gasteiger partial charge in [0.25, 0.3) is 0 Å². The minimum atomic E-state index is -1.79. The molecule has 278 valence electrons. The molecule has 6 aromatic carbocycles. The van der Waals surface area contributed by atoms with Crippen molar-refractivity contribution in [1.29, 1.82) is 0 Å². The number of carboxylic acid groups (broad SMARTS) is 2. The molecule has 12 heteroatoms. The standard InChI is InChI=1S/C44H32ClN3O5S3/c1-24(49)25-19-21-35-40(46(2)28-12-4-7-16-32(28)54-35)38(25)44(23-37(50)51,39-27(45)20-22-36-41(39)47(3)29-13-5-8-17-33(29)55-36)48-30-14-6-9-18-34(30)56-42-26(43(52)53)11-10-15-31(42)48/h4-22H,23H2,1-3H3,(H,50,51)(H,52,53). The molecule has 56 heavy (non-hydrogen) atoms. The summed E-state index contributed by atoms with van der Waals surface area (Å²) in [6.07, 6.45) is -0.560. The van der Waals surface area contributed by atoms with Gasteiger partial charge in [0, 0.05) is 60.3 Å². The van der Waals surface area contributed by atoms with E-state index in [-0.39, 0.29) is 11.3 Å². The number of nitrogens with zero attached hydrogens (tertiary/aromatic N) is 3. The molecule has 9 rings (SSSR count). The maximum absolute atomic E-state index is 14.3. The number of rotatable bonds is 7. The highest BCUT2D eigenvalue weighted by Crippen LogP contribution is 2.64. The summed E-state index contributed by atoms with van der Waals surface area (Å²) in [7, 11) is 3.89. The molecule has 6 aromatic rings. The third kappa shape index (κ3) is 5.43. The van der Waals surface area contributed by atoms with Gasteiger partial charge in [-0.15, -0.1) is 0 Å². The van der Waals surface area contributed by atoms with E-state index < -0.39 is 23.9 Å². The number of Topliss-reactive ketones (excluding diaryl/α,β-unsaturated/α-hetero) is 1. The number of ketones is 1. The van der Waals surface area contributed by atoms with Crippen LogP contribution in [0, 0.1) is 0 Å². The van der Waals surface area contributed by atoms with Crippen LogP contribution in [0.15, 0.2) is 145 Å². The van der Waals surface area contributed by atoms with Crippen LogP contribution in [0.3, 0.4) is 0 Å². The average molecular weight is 814 g/mol. The molecule has 1 atom stereocenters. The first-order valence-corrected chi connectivity index (χ1v) is 20.5. The average Bonchev–Trinajstić information content (AvgIpc) is 3.19. The largest absolute Gasteiger partial charge is 0.481 e. The first-order valence-electron chi connectivity index (χ1n) is 17.7. The molecule has 3 aliphatic rings. The van der Waals surface area contributed by atoms with Gasteiger partial charge in [-0.25, -0.2) is 4.79 Å². The summed E-state index contributed by atoms with van der Waals surface area (Å²) in [6, 6.07) is 36.1. The number of carbonyl (C=O) groups is 3. The lowest BCUT2D eigenvalue weighted by molar-refractivity contribution is -0.138. The highest BCUT2D eigenvalue weighted by molar-refractivity contribution is 8.00. The smallest absolute Gasteiger partial charge is 0.336 e. The Balaban J connectivity index is 1.52. The Bertz CT molecular complexity index is 2690. The number of hydrogen-bond donors (Lipinski definition) is 2. The fourth-order valence-corrected chi connectivity index (χ4v) is 12.2. The number of carbonyl (C=O) groups excluding carboxylic acids is 1. The summed E-state index contributed by atoms with van der Waals surface area (Å²) in [4.78, 5) is 52.1.